The third-order valence-corrected chi connectivity index (χ3v) is 13.2. The van der Waals surface area contributed by atoms with Crippen molar-refractivity contribution in [1.82, 2.24) is 5.32 Å². The lowest BCUT2D eigenvalue weighted by Crippen LogP contribution is -2.61. The predicted octanol–water partition coefficient (Wildman–Crippen LogP) is 9.92. The number of nitrogens with one attached hydrogen (secondary N) is 1. The molecule has 0 aliphatic carbocycles. The number of carbonyl (C=O) groups excluding carboxylic acids is 1. The Morgan fingerprint density at radius 3 is 1.27 bits per heavy atom. The van der Waals surface area contributed by atoms with Crippen molar-refractivity contribution >= 4 is 16.3 Å². The van der Waals surface area contributed by atoms with Crippen LogP contribution >= 0.6 is 0 Å². The van der Waals surface area contributed by atoms with Gasteiger partial charge in [-0.25, -0.2) is 4.18 Å². The fourth-order valence-electron chi connectivity index (χ4n) is 8.64. The van der Waals surface area contributed by atoms with Crippen LogP contribution in [-0.2, 0) is 28.9 Å². The summed E-state index contributed by atoms with van der Waals surface area (Å²) in [6, 6.07) is -1.03. The summed E-state index contributed by atoms with van der Waals surface area (Å²) in [5, 5.41) is 55.5. The Labute approximate surface area is 384 Å². The molecule has 376 valence electrons. The van der Waals surface area contributed by atoms with Gasteiger partial charge >= 0.3 is 10.4 Å². The highest BCUT2D eigenvalue weighted by Gasteiger charge is 2.48. The molecule has 0 saturated carbocycles. The fourth-order valence-corrected chi connectivity index (χ4v) is 9.15. The van der Waals surface area contributed by atoms with Gasteiger partial charge in [-0.15, -0.1) is 0 Å². The van der Waals surface area contributed by atoms with Crippen LogP contribution in [-0.4, -0.2) is 107 Å². The number of hydrogen-bond acceptors (Lipinski definition) is 11. The number of rotatable bonds is 45. The van der Waals surface area contributed by atoms with Gasteiger partial charge in [0.05, 0.1) is 25.4 Å². The number of aliphatic hydroxyl groups is 5. The molecular formula is C49H97NO12S. The largest absolute Gasteiger partial charge is 0.397 e. The number of hydrogen-bond donors (Lipinski definition) is 7. The molecule has 0 radical (unpaired) electrons. The molecule has 63 heavy (non-hydrogen) atoms. The Balaban J connectivity index is 2.47. The first-order valence-electron chi connectivity index (χ1n) is 26.0. The second-order valence-electron chi connectivity index (χ2n) is 18.6. The van der Waals surface area contributed by atoms with Crippen LogP contribution in [0.1, 0.15) is 245 Å². The van der Waals surface area contributed by atoms with Gasteiger partial charge in [-0.05, 0) is 12.8 Å². The summed E-state index contributed by atoms with van der Waals surface area (Å²) in [6.45, 7) is 3.31. The molecule has 1 fully saturated rings. The first kappa shape index (κ1) is 60.1. The Morgan fingerprint density at radius 1 is 0.571 bits per heavy atom. The maximum absolute atomic E-state index is 13.2. The lowest BCUT2D eigenvalue weighted by atomic mass is 9.99. The van der Waals surface area contributed by atoms with Gasteiger partial charge in [-0.2, -0.15) is 8.42 Å². The van der Waals surface area contributed by atoms with E-state index in [1.165, 1.54) is 167 Å². The Bertz CT molecular complexity index is 1150. The summed E-state index contributed by atoms with van der Waals surface area (Å²) in [5.74, 6) is -0.664. The van der Waals surface area contributed by atoms with E-state index in [2.05, 4.69) is 23.3 Å². The first-order chi connectivity index (χ1) is 30.4. The predicted molar refractivity (Wildman–Crippen MR) is 252 cm³/mol. The number of aliphatic hydroxyl groups excluding tert-OH is 5. The van der Waals surface area contributed by atoms with Crippen molar-refractivity contribution in [2.24, 2.45) is 0 Å². The molecule has 8 atom stereocenters. The van der Waals surface area contributed by atoms with Gasteiger partial charge in [0.25, 0.3) is 0 Å². The van der Waals surface area contributed by atoms with E-state index in [-0.39, 0.29) is 6.42 Å². The van der Waals surface area contributed by atoms with E-state index in [1.807, 2.05) is 0 Å². The van der Waals surface area contributed by atoms with Gasteiger partial charge in [0.15, 0.2) is 6.29 Å². The van der Waals surface area contributed by atoms with Crippen molar-refractivity contribution in [2.45, 2.75) is 294 Å². The van der Waals surface area contributed by atoms with Crippen LogP contribution in [0.3, 0.4) is 0 Å². The SMILES string of the molecule is CCCCCCCCCCCCCCCCCCCCC(O)C(=O)NC(COC1OC(CO)C(O)C(OS(=O)(=O)O)C1O)C(O)CCCCCCCCCCCCCCCCCC. The van der Waals surface area contributed by atoms with Crippen molar-refractivity contribution in [3.05, 3.63) is 0 Å². The topological polar surface area (TPSA) is 212 Å². The van der Waals surface area contributed by atoms with Gasteiger partial charge < -0.3 is 40.3 Å². The molecule has 1 rings (SSSR count). The van der Waals surface area contributed by atoms with E-state index >= 15 is 0 Å². The third kappa shape index (κ3) is 32.4. The minimum absolute atomic E-state index is 0.266. The maximum Gasteiger partial charge on any atom is 0.397 e. The molecule has 0 bridgehead atoms. The average molecular weight is 924 g/mol. The van der Waals surface area contributed by atoms with Crippen molar-refractivity contribution in [3.8, 4) is 0 Å². The van der Waals surface area contributed by atoms with E-state index in [1.54, 1.807) is 0 Å². The summed E-state index contributed by atoms with van der Waals surface area (Å²) in [4.78, 5) is 13.2. The molecule has 1 aliphatic heterocycles. The van der Waals surface area contributed by atoms with Gasteiger partial charge in [0.2, 0.25) is 5.91 Å². The molecule has 7 N–H and O–H groups in total. The molecule has 0 spiro atoms. The normalized spacial score (nSPS) is 20.8. The molecule has 13 nitrogen and oxygen atoms in total. The smallest absolute Gasteiger partial charge is 0.394 e. The average Bonchev–Trinajstić information content (AvgIpc) is 3.25. The second kappa shape index (κ2) is 40.2. The number of ether oxygens (including phenoxy) is 2. The summed E-state index contributed by atoms with van der Waals surface area (Å²) in [6.07, 6.45) is 31.3. The molecule has 0 aromatic heterocycles. The third-order valence-electron chi connectivity index (χ3n) is 12.8. The van der Waals surface area contributed by atoms with E-state index < -0.39 is 78.5 Å². The summed E-state index contributed by atoms with van der Waals surface area (Å²) >= 11 is 0. The standard InChI is InChI=1S/C49H97NO12S/c1-3-5-7-9-11-13-15-17-19-21-22-24-26-28-30-32-34-36-38-43(53)48(56)50-41(40-60-49-46(55)47(62-63(57,58)59)45(54)44(39-51)61-49)42(52)37-35-33-31-29-27-25-23-20-18-16-14-12-10-8-6-4-2/h41-47,49,51-55H,3-40H2,1-2H3,(H,50,56)(H,57,58,59). The molecule has 8 unspecified atom stereocenters. The van der Waals surface area contributed by atoms with E-state index in [4.69, 9.17) is 9.47 Å². The van der Waals surface area contributed by atoms with E-state index in [0.717, 1.165) is 38.5 Å². The van der Waals surface area contributed by atoms with E-state index in [0.29, 0.717) is 19.3 Å². The van der Waals surface area contributed by atoms with E-state index in [9.17, 15) is 43.3 Å². The fraction of sp³-hybridized carbons (Fsp3) is 0.980. The first-order valence-corrected chi connectivity index (χ1v) is 27.4. The molecular weight excluding hydrogens is 827 g/mol. The zero-order chi connectivity index (χ0) is 46.4. The number of unbranched alkanes of at least 4 members (excludes halogenated alkanes) is 32. The van der Waals surface area contributed by atoms with Gasteiger partial charge in [0, 0.05) is 0 Å². The number of carbonyl (C=O) groups is 1. The highest BCUT2D eigenvalue weighted by molar-refractivity contribution is 7.80. The van der Waals surface area contributed by atoms with Crippen LogP contribution in [0.2, 0.25) is 0 Å². The molecule has 1 saturated heterocycles. The molecule has 0 aromatic rings. The zero-order valence-corrected chi connectivity index (χ0v) is 40.8. The molecule has 1 amide bonds. The Hall–Kier alpha value is -0.940. The minimum Gasteiger partial charge on any atom is -0.394 e. The second-order valence-corrected chi connectivity index (χ2v) is 19.7. The lowest BCUT2D eigenvalue weighted by Gasteiger charge is -2.41. The summed E-state index contributed by atoms with van der Waals surface area (Å²) in [5.41, 5.74) is 0. The van der Waals surface area contributed by atoms with Crippen LogP contribution in [0, 0.1) is 0 Å². The zero-order valence-electron chi connectivity index (χ0n) is 40.0. The Kier molecular flexibility index (Phi) is 38.3. The summed E-state index contributed by atoms with van der Waals surface area (Å²) in [7, 11) is -5.11. The lowest BCUT2D eigenvalue weighted by molar-refractivity contribution is -0.298. The van der Waals surface area contributed by atoms with Crippen molar-refractivity contribution in [1.29, 1.82) is 0 Å². The van der Waals surface area contributed by atoms with Crippen LogP contribution in [0.25, 0.3) is 0 Å². The van der Waals surface area contributed by atoms with Crippen LogP contribution < -0.4 is 5.32 Å². The molecule has 1 aliphatic rings. The van der Waals surface area contributed by atoms with Crippen LogP contribution in [0.4, 0.5) is 0 Å². The highest BCUT2D eigenvalue weighted by Crippen LogP contribution is 2.26. The molecule has 14 heteroatoms. The number of amides is 1. The van der Waals surface area contributed by atoms with Crippen molar-refractivity contribution < 1.29 is 57.0 Å². The summed E-state index contributed by atoms with van der Waals surface area (Å²) < 4.78 is 47.7. The van der Waals surface area contributed by atoms with Crippen molar-refractivity contribution in [3.63, 3.8) is 0 Å². The molecule has 0 aromatic carbocycles. The van der Waals surface area contributed by atoms with Crippen LogP contribution in [0.15, 0.2) is 0 Å². The quantitative estimate of drug-likeness (QED) is 0.0225. The van der Waals surface area contributed by atoms with Gasteiger partial charge in [-0.3, -0.25) is 9.35 Å². The van der Waals surface area contributed by atoms with Crippen LogP contribution in [0.5, 0.6) is 0 Å². The van der Waals surface area contributed by atoms with Crippen molar-refractivity contribution in [2.75, 3.05) is 13.2 Å². The highest BCUT2D eigenvalue weighted by atomic mass is 32.3. The van der Waals surface area contributed by atoms with Gasteiger partial charge in [-0.1, -0.05) is 232 Å². The monoisotopic (exact) mass is 924 g/mol. The minimum atomic E-state index is -5.11. The Morgan fingerprint density at radius 2 is 0.921 bits per heavy atom. The molecule has 1 heterocycles. The maximum atomic E-state index is 13.2. The van der Waals surface area contributed by atoms with Gasteiger partial charge in [0.1, 0.15) is 30.5 Å².